The Hall–Kier alpha value is -0.770. The van der Waals surface area contributed by atoms with Gasteiger partial charge in [0.1, 0.15) is 0 Å². The van der Waals surface area contributed by atoms with Gasteiger partial charge < -0.3 is 10.2 Å². The molecule has 0 saturated carbocycles. The number of carbonyl (C=O) groups excluding carboxylic acids is 2. The normalized spacial score (nSPS) is 15.0. The van der Waals surface area contributed by atoms with Crippen molar-refractivity contribution in [3.8, 4) is 0 Å². The first kappa shape index (κ1) is 14.3. The lowest BCUT2D eigenvalue weighted by Crippen LogP contribution is -2.32. The Morgan fingerprint density at radius 2 is 1.82 bits per heavy atom. The first-order valence-electron chi connectivity index (χ1n) is 6.34. The van der Waals surface area contributed by atoms with Crippen molar-refractivity contribution in [2.75, 3.05) is 25.5 Å². The fourth-order valence-corrected chi connectivity index (χ4v) is 2.09. The van der Waals surface area contributed by atoms with Crippen LogP contribution in [0.5, 0.6) is 0 Å². The number of unbranched alkanes of at least 4 members (excludes halogenated alkanes) is 1. The molecule has 1 aliphatic heterocycles. The zero-order valence-corrected chi connectivity index (χ0v) is 11.0. The highest BCUT2D eigenvalue weighted by molar-refractivity contribution is 6.17. The van der Waals surface area contributed by atoms with Crippen molar-refractivity contribution in [2.45, 2.75) is 38.5 Å². The van der Waals surface area contributed by atoms with Crippen LogP contribution in [-0.2, 0) is 9.59 Å². The monoisotopic (exact) mass is 260 g/mol. The van der Waals surface area contributed by atoms with Crippen molar-refractivity contribution in [1.82, 2.24) is 10.2 Å². The molecule has 1 rings (SSSR count). The Morgan fingerprint density at radius 1 is 1.12 bits per heavy atom. The predicted molar refractivity (Wildman–Crippen MR) is 68.0 cm³/mol. The molecule has 4 nitrogen and oxygen atoms in total. The minimum absolute atomic E-state index is 0.0179. The number of halogens is 1. The summed E-state index contributed by atoms with van der Waals surface area (Å²) < 4.78 is 0. The van der Waals surface area contributed by atoms with Gasteiger partial charge in [-0.1, -0.05) is 0 Å². The van der Waals surface area contributed by atoms with Crippen molar-refractivity contribution in [1.29, 1.82) is 0 Å². The maximum Gasteiger partial charge on any atom is 0.224 e. The standard InChI is InChI=1S/C12H21ClN2O2/c13-7-2-1-5-11(16)14-8-6-12(17)15-9-3-4-10-15/h1-10H2,(H,14,16). The molecule has 5 heteroatoms. The molecule has 0 atom stereocenters. The number of rotatable bonds is 7. The fourth-order valence-electron chi connectivity index (χ4n) is 1.90. The van der Waals surface area contributed by atoms with E-state index in [0.29, 0.717) is 25.3 Å². The summed E-state index contributed by atoms with van der Waals surface area (Å²) in [7, 11) is 0. The molecule has 0 aromatic carbocycles. The molecule has 1 heterocycles. The Morgan fingerprint density at radius 3 is 2.47 bits per heavy atom. The van der Waals surface area contributed by atoms with Crippen LogP contribution in [-0.4, -0.2) is 42.2 Å². The van der Waals surface area contributed by atoms with E-state index in [1.165, 1.54) is 0 Å². The average molecular weight is 261 g/mol. The van der Waals surface area contributed by atoms with Crippen LogP contribution in [0.1, 0.15) is 38.5 Å². The van der Waals surface area contributed by atoms with Gasteiger partial charge in [-0.25, -0.2) is 0 Å². The van der Waals surface area contributed by atoms with Crippen LogP contribution in [0, 0.1) is 0 Å². The van der Waals surface area contributed by atoms with Crippen LogP contribution < -0.4 is 5.32 Å². The second-order valence-electron chi connectivity index (χ2n) is 4.33. The van der Waals surface area contributed by atoms with Gasteiger partial charge in [-0.3, -0.25) is 9.59 Å². The van der Waals surface area contributed by atoms with Crippen LogP contribution in [0.25, 0.3) is 0 Å². The Bertz CT molecular complexity index is 253. The smallest absolute Gasteiger partial charge is 0.224 e. The summed E-state index contributed by atoms with van der Waals surface area (Å²) in [5.74, 6) is 0.772. The Labute approximate surface area is 108 Å². The van der Waals surface area contributed by atoms with Gasteiger partial charge in [-0.2, -0.15) is 0 Å². The van der Waals surface area contributed by atoms with Crippen LogP contribution in [0.3, 0.4) is 0 Å². The van der Waals surface area contributed by atoms with Gasteiger partial charge in [0.2, 0.25) is 11.8 Å². The molecule has 0 aromatic rings. The summed E-state index contributed by atoms with van der Waals surface area (Å²) in [6, 6.07) is 0. The average Bonchev–Trinajstić information content (AvgIpc) is 2.82. The zero-order chi connectivity index (χ0) is 12.5. The number of amides is 2. The molecule has 1 aliphatic rings. The first-order valence-corrected chi connectivity index (χ1v) is 6.88. The van der Waals surface area contributed by atoms with E-state index in [1.54, 1.807) is 0 Å². The molecule has 0 spiro atoms. The van der Waals surface area contributed by atoms with E-state index in [0.717, 1.165) is 38.8 Å². The molecule has 0 bridgehead atoms. The summed E-state index contributed by atoms with van der Waals surface area (Å²) in [5.41, 5.74) is 0. The SMILES string of the molecule is O=C(CCCCCl)NCCC(=O)N1CCCC1. The lowest BCUT2D eigenvalue weighted by Gasteiger charge is -2.15. The van der Waals surface area contributed by atoms with Gasteiger partial charge in [0, 0.05) is 38.4 Å². The van der Waals surface area contributed by atoms with Crippen molar-refractivity contribution in [3.63, 3.8) is 0 Å². The number of hydrogen-bond acceptors (Lipinski definition) is 2. The minimum atomic E-state index is 0.0179. The number of nitrogens with one attached hydrogen (secondary N) is 1. The lowest BCUT2D eigenvalue weighted by atomic mass is 10.2. The number of nitrogens with zero attached hydrogens (tertiary/aromatic N) is 1. The number of alkyl halides is 1. The molecular weight excluding hydrogens is 240 g/mol. The quantitative estimate of drug-likeness (QED) is 0.557. The van der Waals surface area contributed by atoms with Crippen LogP contribution in [0.2, 0.25) is 0 Å². The second-order valence-corrected chi connectivity index (χ2v) is 4.71. The van der Waals surface area contributed by atoms with E-state index in [9.17, 15) is 9.59 Å². The molecule has 1 N–H and O–H groups in total. The largest absolute Gasteiger partial charge is 0.356 e. The van der Waals surface area contributed by atoms with Crippen LogP contribution >= 0.6 is 11.6 Å². The summed E-state index contributed by atoms with van der Waals surface area (Å²) in [6.45, 7) is 2.21. The first-order chi connectivity index (χ1) is 8.24. The lowest BCUT2D eigenvalue weighted by molar-refractivity contribution is -0.130. The number of likely N-dealkylation sites (tertiary alicyclic amines) is 1. The van der Waals surface area contributed by atoms with Crippen molar-refractivity contribution in [3.05, 3.63) is 0 Å². The number of carbonyl (C=O) groups is 2. The summed E-state index contributed by atoms with van der Waals surface area (Å²) in [4.78, 5) is 24.9. The van der Waals surface area contributed by atoms with Gasteiger partial charge in [-0.15, -0.1) is 11.6 Å². The van der Waals surface area contributed by atoms with Gasteiger partial charge in [0.05, 0.1) is 0 Å². The Balaban J connectivity index is 2.02. The van der Waals surface area contributed by atoms with Gasteiger partial charge in [0.15, 0.2) is 0 Å². The molecular formula is C12H21ClN2O2. The maximum absolute atomic E-state index is 11.6. The summed E-state index contributed by atoms with van der Waals surface area (Å²) in [5, 5.41) is 2.77. The maximum atomic E-state index is 11.6. The van der Waals surface area contributed by atoms with E-state index < -0.39 is 0 Å². The van der Waals surface area contributed by atoms with E-state index >= 15 is 0 Å². The third kappa shape index (κ3) is 5.91. The molecule has 0 aliphatic carbocycles. The molecule has 17 heavy (non-hydrogen) atoms. The topological polar surface area (TPSA) is 49.4 Å². The molecule has 0 aromatic heterocycles. The molecule has 1 fully saturated rings. The van der Waals surface area contributed by atoms with E-state index in [1.807, 2.05) is 4.90 Å². The van der Waals surface area contributed by atoms with Crippen molar-refractivity contribution in [2.24, 2.45) is 0 Å². The molecule has 0 radical (unpaired) electrons. The van der Waals surface area contributed by atoms with Crippen molar-refractivity contribution < 1.29 is 9.59 Å². The van der Waals surface area contributed by atoms with E-state index in [2.05, 4.69) is 5.32 Å². The minimum Gasteiger partial charge on any atom is -0.356 e. The number of hydrogen-bond donors (Lipinski definition) is 1. The molecule has 0 unspecified atom stereocenters. The predicted octanol–water partition coefficient (Wildman–Crippen LogP) is 1.52. The fraction of sp³-hybridized carbons (Fsp3) is 0.833. The highest BCUT2D eigenvalue weighted by atomic mass is 35.5. The second kappa shape index (κ2) is 8.34. The van der Waals surface area contributed by atoms with Crippen molar-refractivity contribution >= 4 is 23.4 Å². The van der Waals surface area contributed by atoms with Gasteiger partial charge >= 0.3 is 0 Å². The molecule has 98 valence electrons. The van der Waals surface area contributed by atoms with Crippen LogP contribution in [0.4, 0.5) is 0 Å². The Kier molecular flexibility index (Phi) is 7.01. The third-order valence-corrected chi connectivity index (χ3v) is 3.17. The highest BCUT2D eigenvalue weighted by Crippen LogP contribution is 2.08. The molecule has 2 amide bonds. The van der Waals surface area contributed by atoms with E-state index in [4.69, 9.17) is 11.6 Å². The third-order valence-electron chi connectivity index (χ3n) is 2.91. The molecule has 1 saturated heterocycles. The van der Waals surface area contributed by atoms with Gasteiger partial charge in [-0.05, 0) is 25.7 Å². The zero-order valence-electron chi connectivity index (χ0n) is 10.2. The highest BCUT2D eigenvalue weighted by Gasteiger charge is 2.17. The summed E-state index contributed by atoms with van der Waals surface area (Å²) >= 11 is 5.52. The van der Waals surface area contributed by atoms with E-state index in [-0.39, 0.29) is 11.8 Å². The van der Waals surface area contributed by atoms with Gasteiger partial charge in [0.25, 0.3) is 0 Å². The summed E-state index contributed by atoms with van der Waals surface area (Å²) in [6.07, 6.45) is 4.82. The van der Waals surface area contributed by atoms with Crippen LogP contribution in [0.15, 0.2) is 0 Å².